The number of carbonyl (C=O) groups is 1. The number of amides is 1. The van der Waals surface area contributed by atoms with Gasteiger partial charge in [0, 0.05) is 17.6 Å². The summed E-state index contributed by atoms with van der Waals surface area (Å²) in [6.45, 7) is 2.25. The number of benzene rings is 2. The molecule has 1 atom stereocenters. The number of halogens is 2. The molecule has 3 rings (SSSR count). The summed E-state index contributed by atoms with van der Waals surface area (Å²) >= 11 is 3.29. The Bertz CT molecular complexity index is 948. The second-order valence-electron chi connectivity index (χ2n) is 6.63. The Morgan fingerprint density at radius 3 is 2.63 bits per heavy atom. The minimum Gasteiger partial charge on any atom is -0.323 e. The lowest BCUT2D eigenvalue weighted by molar-refractivity contribution is -0.120. The van der Waals surface area contributed by atoms with E-state index in [1.165, 1.54) is 22.5 Å². The molecule has 5 nitrogen and oxygen atoms in total. The standard InChI is InChI=1S/C19H20BrFN2O3S/c1-13-4-9-17(21)18(11-13)22-19(24)14-3-2-10-23(12-14)27(25,26)16-7-5-15(20)6-8-16/h4-9,11,14H,2-3,10,12H2,1H3,(H,22,24). The summed E-state index contributed by atoms with van der Waals surface area (Å²) in [5.74, 6) is -1.40. The highest BCUT2D eigenvalue weighted by molar-refractivity contribution is 9.10. The quantitative estimate of drug-likeness (QED) is 0.760. The molecule has 1 amide bonds. The zero-order valence-corrected chi connectivity index (χ0v) is 17.2. The van der Waals surface area contributed by atoms with Crippen LogP contribution in [-0.2, 0) is 14.8 Å². The number of aryl methyl sites for hydroxylation is 1. The van der Waals surface area contributed by atoms with E-state index in [-0.39, 0.29) is 23.0 Å². The van der Waals surface area contributed by atoms with Crippen molar-refractivity contribution in [2.45, 2.75) is 24.7 Å². The second-order valence-corrected chi connectivity index (χ2v) is 9.48. The van der Waals surface area contributed by atoms with Crippen molar-refractivity contribution in [3.8, 4) is 0 Å². The van der Waals surface area contributed by atoms with Crippen molar-refractivity contribution in [1.82, 2.24) is 4.31 Å². The van der Waals surface area contributed by atoms with Crippen LogP contribution in [0.4, 0.5) is 10.1 Å². The Balaban J connectivity index is 1.74. The summed E-state index contributed by atoms with van der Waals surface area (Å²) < 4.78 is 41.7. The third kappa shape index (κ3) is 4.56. The Morgan fingerprint density at radius 1 is 1.22 bits per heavy atom. The Morgan fingerprint density at radius 2 is 1.93 bits per heavy atom. The van der Waals surface area contributed by atoms with Crippen LogP contribution >= 0.6 is 15.9 Å². The van der Waals surface area contributed by atoms with Gasteiger partial charge in [-0.3, -0.25) is 4.79 Å². The van der Waals surface area contributed by atoms with Crippen molar-refractivity contribution in [1.29, 1.82) is 0 Å². The van der Waals surface area contributed by atoms with Crippen LogP contribution in [0.1, 0.15) is 18.4 Å². The molecule has 144 valence electrons. The molecule has 1 aliphatic heterocycles. The molecule has 1 saturated heterocycles. The highest BCUT2D eigenvalue weighted by Gasteiger charge is 2.33. The van der Waals surface area contributed by atoms with E-state index >= 15 is 0 Å². The van der Waals surface area contributed by atoms with Gasteiger partial charge in [0.25, 0.3) is 0 Å². The van der Waals surface area contributed by atoms with Crippen molar-refractivity contribution < 1.29 is 17.6 Å². The molecule has 0 saturated carbocycles. The molecule has 0 aliphatic carbocycles. The first-order chi connectivity index (χ1) is 12.8. The van der Waals surface area contributed by atoms with Crippen molar-refractivity contribution in [3.63, 3.8) is 0 Å². The minimum atomic E-state index is -3.67. The van der Waals surface area contributed by atoms with Gasteiger partial charge in [0.1, 0.15) is 5.82 Å². The second kappa shape index (κ2) is 8.08. The Labute approximate surface area is 166 Å². The first kappa shape index (κ1) is 20.0. The van der Waals surface area contributed by atoms with Gasteiger partial charge in [0.15, 0.2) is 0 Å². The van der Waals surface area contributed by atoms with E-state index < -0.39 is 21.8 Å². The van der Waals surface area contributed by atoms with Crippen LogP contribution < -0.4 is 5.32 Å². The van der Waals surface area contributed by atoms with E-state index in [1.807, 2.05) is 6.92 Å². The zero-order valence-electron chi connectivity index (χ0n) is 14.8. The molecule has 2 aromatic rings. The molecule has 8 heteroatoms. The topological polar surface area (TPSA) is 66.5 Å². The van der Waals surface area contributed by atoms with Crippen LogP contribution in [0, 0.1) is 18.7 Å². The maximum atomic E-state index is 13.9. The maximum absolute atomic E-state index is 13.9. The molecule has 1 N–H and O–H groups in total. The average Bonchev–Trinajstić information content (AvgIpc) is 2.65. The molecule has 1 aliphatic rings. The van der Waals surface area contributed by atoms with Crippen LogP contribution in [0.2, 0.25) is 0 Å². The van der Waals surface area contributed by atoms with Crippen LogP contribution in [0.15, 0.2) is 51.8 Å². The molecule has 1 unspecified atom stereocenters. The molecule has 1 heterocycles. The normalized spacial score (nSPS) is 18.3. The molecule has 2 aromatic carbocycles. The smallest absolute Gasteiger partial charge is 0.243 e. The van der Waals surface area contributed by atoms with Crippen molar-refractivity contribution in [2.75, 3.05) is 18.4 Å². The number of rotatable bonds is 4. The van der Waals surface area contributed by atoms with Crippen LogP contribution in [0.5, 0.6) is 0 Å². The summed E-state index contributed by atoms with van der Waals surface area (Å²) in [6, 6.07) is 10.9. The number of hydrogen-bond acceptors (Lipinski definition) is 3. The molecule has 0 bridgehead atoms. The first-order valence-corrected chi connectivity index (χ1v) is 10.8. The summed E-state index contributed by atoms with van der Waals surface area (Å²) in [7, 11) is -3.67. The summed E-state index contributed by atoms with van der Waals surface area (Å²) in [5.41, 5.74) is 0.947. The van der Waals surface area contributed by atoms with Gasteiger partial charge in [-0.15, -0.1) is 0 Å². The molecule has 27 heavy (non-hydrogen) atoms. The van der Waals surface area contributed by atoms with Crippen molar-refractivity contribution in [2.24, 2.45) is 5.92 Å². The van der Waals surface area contributed by atoms with Gasteiger partial charge in [-0.2, -0.15) is 4.31 Å². The number of hydrogen-bond donors (Lipinski definition) is 1. The fourth-order valence-corrected chi connectivity index (χ4v) is 4.89. The fraction of sp³-hybridized carbons (Fsp3) is 0.316. The van der Waals surface area contributed by atoms with Gasteiger partial charge in [-0.05, 0) is 61.7 Å². The van der Waals surface area contributed by atoms with E-state index in [4.69, 9.17) is 0 Å². The van der Waals surface area contributed by atoms with Crippen molar-refractivity contribution >= 4 is 37.5 Å². The highest BCUT2D eigenvalue weighted by atomic mass is 79.9. The lowest BCUT2D eigenvalue weighted by Crippen LogP contribution is -2.43. The molecule has 0 aromatic heterocycles. The fourth-order valence-electron chi connectivity index (χ4n) is 3.10. The van der Waals surface area contributed by atoms with Crippen LogP contribution in [-0.4, -0.2) is 31.7 Å². The Kier molecular flexibility index (Phi) is 5.98. The lowest BCUT2D eigenvalue weighted by atomic mass is 9.98. The van der Waals surface area contributed by atoms with Crippen molar-refractivity contribution in [3.05, 3.63) is 58.3 Å². The van der Waals surface area contributed by atoms with Crippen LogP contribution in [0.3, 0.4) is 0 Å². The van der Waals surface area contributed by atoms with Gasteiger partial charge in [0.05, 0.1) is 16.5 Å². The van der Waals surface area contributed by atoms with E-state index in [0.29, 0.717) is 19.4 Å². The average molecular weight is 455 g/mol. The highest BCUT2D eigenvalue weighted by Crippen LogP contribution is 2.26. The van der Waals surface area contributed by atoms with Gasteiger partial charge in [-0.1, -0.05) is 22.0 Å². The van der Waals surface area contributed by atoms with E-state index in [0.717, 1.165) is 10.0 Å². The lowest BCUT2D eigenvalue weighted by Gasteiger charge is -2.31. The monoisotopic (exact) mass is 454 g/mol. The van der Waals surface area contributed by atoms with E-state index in [2.05, 4.69) is 21.2 Å². The van der Waals surface area contributed by atoms with E-state index in [1.54, 1.807) is 24.3 Å². The van der Waals surface area contributed by atoms with Gasteiger partial charge in [0.2, 0.25) is 15.9 Å². The van der Waals surface area contributed by atoms with Gasteiger partial charge >= 0.3 is 0 Å². The van der Waals surface area contributed by atoms with Crippen LogP contribution in [0.25, 0.3) is 0 Å². The maximum Gasteiger partial charge on any atom is 0.243 e. The van der Waals surface area contributed by atoms with Gasteiger partial charge < -0.3 is 5.32 Å². The molecular weight excluding hydrogens is 435 g/mol. The molecule has 0 spiro atoms. The predicted octanol–water partition coefficient (Wildman–Crippen LogP) is 3.94. The number of sulfonamides is 1. The van der Waals surface area contributed by atoms with E-state index in [9.17, 15) is 17.6 Å². The SMILES string of the molecule is Cc1ccc(F)c(NC(=O)C2CCCN(S(=O)(=O)c3ccc(Br)cc3)C2)c1. The predicted molar refractivity (Wildman–Crippen MR) is 105 cm³/mol. The van der Waals surface area contributed by atoms with Gasteiger partial charge in [-0.25, -0.2) is 12.8 Å². The third-order valence-electron chi connectivity index (χ3n) is 4.59. The summed E-state index contributed by atoms with van der Waals surface area (Å²) in [6.07, 6.45) is 1.13. The number of nitrogens with zero attached hydrogens (tertiary/aromatic N) is 1. The summed E-state index contributed by atoms with van der Waals surface area (Å²) in [5, 5.41) is 2.60. The first-order valence-electron chi connectivity index (χ1n) is 8.60. The number of anilines is 1. The largest absolute Gasteiger partial charge is 0.323 e. The number of nitrogens with one attached hydrogen (secondary N) is 1. The minimum absolute atomic E-state index is 0.0810. The molecular formula is C19H20BrFN2O3S. The summed E-state index contributed by atoms with van der Waals surface area (Å²) in [4.78, 5) is 12.8. The number of piperidine rings is 1. The molecule has 1 fully saturated rings. The zero-order chi connectivity index (χ0) is 19.6. The third-order valence-corrected chi connectivity index (χ3v) is 6.99. The number of carbonyl (C=O) groups excluding carboxylic acids is 1. The Hall–Kier alpha value is -1.77. The molecule has 0 radical (unpaired) electrons.